The van der Waals surface area contributed by atoms with Crippen molar-refractivity contribution in [3.8, 4) is 5.75 Å². The van der Waals surface area contributed by atoms with Crippen molar-refractivity contribution in [2.45, 2.75) is 6.42 Å². The van der Waals surface area contributed by atoms with E-state index in [1.54, 1.807) is 19.2 Å². The van der Waals surface area contributed by atoms with E-state index in [4.69, 9.17) is 25.7 Å². The zero-order valence-corrected chi connectivity index (χ0v) is 11.1. The van der Waals surface area contributed by atoms with Crippen LogP contribution >= 0.6 is 0 Å². The molecule has 0 atom stereocenters. The maximum absolute atomic E-state index is 10.9. The molecule has 0 saturated carbocycles. The highest BCUT2D eigenvalue weighted by atomic mass is 16.5. The molecule has 4 N–H and O–H groups in total. The number of ether oxygens (including phenoxy) is 3. The number of benzene rings is 1. The second-order valence-corrected chi connectivity index (χ2v) is 3.92. The molecule has 0 spiro atoms. The molecule has 0 heterocycles. The van der Waals surface area contributed by atoms with Gasteiger partial charge in [0.15, 0.2) is 0 Å². The van der Waals surface area contributed by atoms with Crippen molar-refractivity contribution < 1.29 is 19.0 Å². The molecule has 0 saturated heterocycles. The fourth-order valence-corrected chi connectivity index (χ4v) is 1.42. The van der Waals surface area contributed by atoms with Crippen LogP contribution in [-0.4, -0.2) is 39.4 Å². The Labute approximate surface area is 112 Å². The van der Waals surface area contributed by atoms with Gasteiger partial charge in [-0.2, -0.15) is 0 Å². The largest absolute Gasteiger partial charge is 0.491 e. The van der Waals surface area contributed by atoms with Gasteiger partial charge in [0.2, 0.25) is 5.91 Å². The second-order valence-electron chi connectivity index (χ2n) is 3.92. The molecule has 1 rings (SSSR count). The summed E-state index contributed by atoms with van der Waals surface area (Å²) >= 11 is 0. The van der Waals surface area contributed by atoms with Crippen LogP contribution in [-0.2, 0) is 9.47 Å². The van der Waals surface area contributed by atoms with Crippen LogP contribution in [0.1, 0.15) is 16.8 Å². The zero-order valence-electron chi connectivity index (χ0n) is 11.1. The van der Waals surface area contributed by atoms with E-state index in [0.717, 1.165) is 6.42 Å². The van der Waals surface area contributed by atoms with Gasteiger partial charge in [-0.05, 0) is 18.2 Å². The van der Waals surface area contributed by atoms with E-state index in [1.807, 2.05) is 0 Å². The fourth-order valence-electron chi connectivity index (χ4n) is 1.42. The number of rotatable bonds is 9. The van der Waals surface area contributed by atoms with Crippen molar-refractivity contribution in [2.24, 2.45) is 5.73 Å². The minimum absolute atomic E-state index is 0.368. The van der Waals surface area contributed by atoms with E-state index in [0.29, 0.717) is 43.4 Å². The van der Waals surface area contributed by atoms with Crippen LogP contribution in [0.5, 0.6) is 5.75 Å². The Hall–Kier alpha value is -1.79. The van der Waals surface area contributed by atoms with Crippen molar-refractivity contribution in [1.82, 2.24) is 0 Å². The summed E-state index contributed by atoms with van der Waals surface area (Å²) in [5.74, 6) is 0.0340. The minimum atomic E-state index is -0.509. The number of nitrogens with two attached hydrogens (primary N) is 2. The molecule has 19 heavy (non-hydrogen) atoms. The van der Waals surface area contributed by atoms with Crippen molar-refractivity contribution in [3.63, 3.8) is 0 Å². The number of hydrogen-bond donors (Lipinski definition) is 2. The number of carbonyl (C=O) groups is 1. The van der Waals surface area contributed by atoms with Crippen LogP contribution < -0.4 is 16.2 Å². The summed E-state index contributed by atoms with van der Waals surface area (Å²) in [7, 11) is 1.63. The van der Waals surface area contributed by atoms with Gasteiger partial charge in [0, 0.05) is 25.7 Å². The average Bonchev–Trinajstić information content (AvgIpc) is 2.39. The molecule has 1 amide bonds. The molecule has 0 unspecified atom stereocenters. The number of anilines is 1. The summed E-state index contributed by atoms with van der Waals surface area (Å²) in [6.45, 7) is 2.25. The van der Waals surface area contributed by atoms with Crippen molar-refractivity contribution in [3.05, 3.63) is 23.8 Å². The van der Waals surface area contributed by atoms with Gasteiger partial charge in [-0.3, -0.25) is 4.79 Å². The van der Waals surface area contributed by atoms with Crippen LogP contribution in [0.2, 0.25) is 0 Å². The minimum Gasteiger partial charge on any atom is -0.491 e. The van der Waals surface area contributed by atoms with Gasteiger partial charge in [-0.25, -0.2) is 0 Å². The highest BCUT2D eigenvalue weighted by Gasteiger charge is 2.05. The first-order valence-corrected chi connectivity index (χ1v) is 6.04. The summed E-state index contributed by atoms with van der Waals surface area (Å²) < 4.78 is 15.6. The Balaban J connectivity index is 2.28. The van der Waals surface area contributed by atoms with Crippen LogP contribution in [0.15, 0.2) is 18.2 Å². The summed E-state index contributed by atoms with van der Waals surface area (Å²) in [6, 6.07) is 4.73. The van der Waals surface area contributed by atoms with Crippen LogP contribution in [0.4, 0.5) is 5.69 Å². The molecule has 106 valence electrons. The topological polar surface area (TPSA) is 96.8 Å². The highest BCUT2D eigenvalue weighted by Crippen LogP contribution is 2.22. The van der Waals surface area contributed by atoms with Crippen LogP contribution in [0.25, 0.3) is 0 Å². The molecule has 0 bridgehead atoms. The smallest absolute Gasteiger partial charge is 0.248 e. The first kappa shape index (κ1) is 15.3. The maximum atomic E-state index is 10.9. The molecule has 0 aromatic heterocycles. The highest BCUT2D eigenvalue weighted by molar-refractivity contribution is 5.94. The first-order valence-electron chi connectivity index (χ1n) is 6.04. The van der Waals surface area contributed by atoms with E-state index in [9.17, 15) is 4.79 Å². The average molecular weight is 268 g/mol. The summed E-state index contributed by atoms with van der Waals surface area (Å²) in [5.41, 5.74) is 11.7. The van der Waals surface area contributed by atoms with E-state index in [2.05, 4.69) is 0 Å². The fraction of sp³-hybridized carbons (Fsp3) is 0.462. The van der Waals surface area contributed by atoms with E-state index >= 15 is 0 Å². The molecule has 0 radical (unpaired) electrons. The lowest BCUT2D eigenvalue weighted by Crippen LogP contribution is -2.12. The van der Waals surface area contributed by atoms with Gasteiger partial charge >= 0.3 is 0 Å². The van der Waals surface area contributed by atoms with Gasteiger partial charge in [-0.1, -0.05) is 0 Å². The third-order valence-electron chi connectivity index (χ3n) is 2.42. The predicted molar refractivity (Wildman–Crippen MR) is 72.2 cm³/mol. The van der Waals surface area contributed by atoms with E-state index in [1.165, 1.54) is 6.07 Å². The number of nitrogen functional groups attached to an aromatic ring is 1. The summed E-state index contributed by atoms with van der Waals surface area (Å²) in [5, 5.41) is 0. The number of methoxy groups -OCH3 is 1. The standard InChI is InChI=1S/C13H20N2O4/c1-17-7-8-18-5-2-6-19-12-4-3-10(13(15)16)9-11(12)14/h3-4,9H,2,5-8,14H2,1H3,(H2,15,16). The van der Waals surface area contributed by atoms with Crippen molar-refractivity contribution in [2.75, 3.05) is 39.3 Å². The van der Waals surface area contributed by atoms with Gasteiger partial charge in [0.25, 0.3) is 0 Å². The quantitative estimate of drug-likeness (QED) is 0.510. The van der Waals surface area contributed by atoms with E-state index < -0.39 is 5.91 Å². The molecule has 6 nitrogen and oxygen atoms in total. The van der Waals surface area contributed by atoms with Gasteiger partial charge in [0.05, 0.1) is 25.5 Å². The Morgan fingerprint density at radius 3 is 2.63 bits per heavy atom. The Bertz CT molecular complexity index is 410. The second kappa shape index (κ2) is 8.34. The number of carbonyl (C=O) groups excluding carboxylic acids is 1. The van der Waals surface area contributed by atoms with Gasteiger partial charge in [-0.15, -0.1) is 0 Å². The normalized spacial score (nSPS) is 10.4. The lowest BCUT2D eigenvalue weighted by atomic mass is 10.2. The zero-order chi connectivity index (χ0) is 14.1. The van der Waals surface area contributed by atoms with Crippen LogP contribution in [0, 0.1) is 0 Å². The lowest BCUT2D eigenvalue weighted by molar-refractivity contribution is 0.0645. The van der Waals surface area contributed by atoms with Crippen LogP contribution in [0.3, 0.4) is 0 Å². The Morgan fingerprint density at radius 1 is 1.21 bits per heavy atom. The predicted octanol–water partition coefficient (Wildman–Crippen LogP) is 0.800. The van der Waals surface area contributed by atoms with Crippen molar-refractivity contribution >= 4 is 11.6 Å². The maximum Gasteiger partial charge on any atom is 0.248 e. The number of amides is 1. The molecule has 0 aliphatic carbocycles. The number of hydrogen-bond acceptors (Lipinski definition) is 5. The molecular weight excluding hydrogens is 248 g/mol. The molecule has 1 aromatic rings. The third-order valence-corrected chi connectivity index (χ3v) is 2.42. The molecule has 0 aliphatic heterocycles. The molecule has 1 aromatic carbocycles. The summed E-state index contributed by atoms with van der Waals surface area (Å²) in [6.07, 6.45) is 0.751. The molecule has 6 heteroatoms. The van der Waals surface area contributed by atoms with Gasteiger partial charge in [0.1, 0.15) is 5.75 Å². The SMILES string of the molecule is COCCOCCCOc1ccc(C(N)=O)cc1N. The van der Waals surface area contributed by atoms with Crippen molar-refractivity contribution in [1.29, 1.82) is 0 Å². The monoisotopic (exact) mass is 268 g/mol. The third kappa shape index (κ3) is 5.58. The molecule has 0 aliphatic rings. The lowest BCUT2D eigenvalue weighted by Gasteiger charge is -2.09. The Morgan fingerprint density at radius 2 is 2.00 bits per heavy atom. The molecule has 0 fully saturated rings. The molecular formula is C13H20N2O4. The van der Waals surface area contributed by atoms with Gasteiger partial charge < -0.3 is 25.7 Å². The van der Waals surface area contributed by atoms with E-state index in [-0.39, 0.29) is 0 Å². The first-order chi connectivity index (χ1) is 9.15. The summed E-state index contributed by atoms with van der Waals surface area (Å²) in [4.78, 5) is 10.9. The Kier molecular flexibility index (Phi) is 6.70. The number of primary amides is 1.